The molecule has 1 aliphatic heterocycles. The van der Waals surface area contributed by atoms with Gasteiger partial charge in [-0.05, 0) is 6.92 Å². The number of hydrogen-bond acceptors (Lipinski definition) is 3. The van der Waals surface area contributed by atoms with Gasteiger partial charge in [0.15, 0.2) is 5.60 Å². The molecule has 0 aliphatic carbocycles. The van der Waals surface area contributed by atoms with Crippen molar-refractivity contribution < 1.29 is 4.84 Å². The average molecular weight is 214 g/mol. The Morgan fingerprint density at radius 1 is 1.73 bits per heavy atom. The van der Waals surface area contributed by atoms with E-state index in [2.05, 4.69) is 5.16 Å². The van der Waals surface area contributed by atoms with Gasteiger partial charge in [-0.2, -0.15) is 0 Å². The fourth-order valence-corrected chi connectivity index (χ4v) is 1.90. The number of hydrogen-bond donors (Lipinski definition) is 0. The molecule has 2 nitrogen and oxygen atoms in total. The Kier molecular flexibility index (Phi) is 3.34. The van der Waals surface area contributed by atoms with Gasteiger partial charge in [-0.25, -0.2) is 0 Å². The van der Waals surface area contributed by atoms with E-state index in [0.29, 0.717) is 11.1 Å². The summed E-state index contributed by atoms with van der Waals surface area (Å²) in [6.45, 7) is 1.94. The van der Waals surface area contributed by atoms with Crippen LogP contribution >= 0.6 is 35.0 Å². The molecule has 1 rings (SSSR count). The van der Waals surface area contributed by atoms with Crippen molar-refractivity contribution in [2.24, 2.45) is 5.16 Å². The molecule has 0 radical (unpaired) electrons. The maximum absolute atomic E-state index is 5.67. The summed E-state index contributed by atoms with van der Waals surface area (Å²) in [5.74, 6) is 0.461. The molecule has 5 heteroatoms. The summed E-state index contributed by atoms with van der Waals surface area (Å²) in [4.78, 5) is 5.13. The summed E-state index contributed by atoms with van der Waals surface area (Å²) in [6, 6.07) is 0. The van der Waals surface area contributed by atoms with E-state index < -0.39 is 0 Å². The second-order valence-electron chi connectivity index (χ2n) is 2.59. The first-order valence-corrected chi connectivity index (χ1v) is 5.25. The predicted octanol–water partition coefficient (Wildman–Crippen LogP) is 2.65. The Balaban J connectivity index is 2.42. The van der Waals surface area contributed by atoms with Crippen LogP contribution in [0.1, 0.15) is 13.3 Å². The van der Waals surface area contributed by atoms with Crippen LogP contribution in [0.3, 0.4) is 0 Å². The lowest BCUT2D eigenvalue weighted by atomic mass is 10.1. The second kappa shape index (κ2) is 3.87. The third-order valence-electron chi connectivity index (χ3n) is 1.40. The lowest BCUT2D eigenvalue weighted by Crippen LogP contribution is -2.26. The molecular weight excluding hydrogens is 205 g/mol. The predicted molar refractivity (Wildman–Crippen MR) is 50.6 cm³/mol. The summed E-state index contributed by atoms with van der Waals surface area (Å²) in [7, 11) is 0. The monoisotopic (exact) mass is 213 g/mol. The molecular formula is C6H9Cl2NOS. The Bertz CT molecular complexity index is 176. The maximum atomic E-state index is 5.67. The highest BCUT2D eigenvalue weighted by atomic mass is 35.5. The summed E-state index contributed by atoms with van der Waals surface area (Å²) in [5.41, 5.74) is -0.310. The fraction of sp³-hybridized carbons (Fsp3) is 0.833. The highest BCUT2D eigenvalue weighted by Gasteiger charge is 2.33. The zero-order valence-electron chi connectivity index (χ0n) is 6.14. The largest absolute Gasteiger partial charge is 0.387 e. The van der Waals surface area contributed by atoms with Crippen LogP contribution in [0.15, 0.2) is 5.16 Å². The normalized spacial score (nSPS) is 29.9. The first-order valence-electron chi connectivity index (χ1n) is 3.20. The van der Waals surface area contributed by atoms with Crippen LogP contribution in [0.5, 0.6) is 0 Å². The molecule has 0 aromatic rings. The summed E-state index contributed by atoms with van der Waals surface area (Å²) in [5, 5.41) is 5.31. The summed E-state index contributed by atoms with van der Waals surface area (Å²) in [6.07, 6.45) is 0.772. The van der Waals surface area contributed by atoms with Gasteiger partial charge >= 0.3 is 0 Å². The van der Waals surface area contributed by atoms with Gasteiger partial charge in [-0.1, -0.05) is 16.9 Å². The Morgan fingerprint density at radius 2 is 2.45 bits per heavy atom. The number of alkyl halides is 2. The van der Waals surface area contributed by atoms with Crippen LogP contribution in [0.4, 0.5) is 0 Å². The van der Waals surface area contributed by atoms with Crippen LogP contribution in [0.2, 0.25) is 0 Å². The van der Waals surface area contributed by atoms with Crippen molar-refractivity contribution in [3.63, 3.8) is 0 Å². The van der Waals surface area contributed by atoms with Crippen molar-refractivity contribution in [3.8, 4) is 0 Å². The van der Waals surface area contributed by atoms with Gasteiger partial charge in [-0.15, -0.1) is 23.2 Å². The molecule has 11 heavy (non-hydrogen) atoms. The molecule has 1 heterocycles. The number of halogens is 2. The zero-order chi connectivity index (χ0) is 8.32. The lowest BCUT2D eigenvalue weighted by molar-refractivity contribution is 0.0152. The lowest BCUT2D eigenvalue weighted by Gasteiger charge is -2.16. The molecule has 0 amide bonds. The zero-order valence-corrected chi connectivity index (χ0v) is 8.47. The Labute approximate surface area is 80.3 Å². The Hall–Kier alpha value is 0.400. The van der Waals surface area contributed by atoms with Gasteiger partial charge < -0.3 is 4.84 Å². The van der Waals surface area contributed by atoms with E-state index in [0.717, 1.165) is 11.5 Å². The average Bonchev–Trinajstić information content (AvgIpc) is 2.35. The van der Waals surface area contributed by atoms with Crippen LogP contribution in [0, 0.1) is 0 Å². The molecule has 0 aromatic carbocycles. The van der Waals surface area contributed by atoms with Crippen LogP contribution in [-0.4, -0.2) is 21.7 Å². The third-order valence-corrected chi connectivity index (χ3v) is 2.95. The minimum absolute atomic E-state index is 0.310. The van der Waals surface area contributed by atoms with Crippen molar-refractivity contribution in [1.82, 2.24) is 0 Å². The molecule has 0 N–H and O–H groups in total. The molecule has 0 bridgehead atoms. The van der Waals surface area contributed by atoms with E-state index in [-0.39, 0.29) is 5.60 Å². The van der Waals surface area contributed by atoms with Gasteiger partial charge in [0.05, 0.1) is 11.1 Å². The fourth-order valence-electron chi connectivity index (χ4n) is 0.758. The minimum atomic E-state index is -0.310. The highest BCUT2D eigenvalue weighted by Crippen LogP contribution is 2.29. The SMILES string of the molecule is CC1(CCl)CC(SCCl)=NO1. The molecule has 1 atom stereocenters. The quantitative estimate of drug-likeness (QED) is 0.659. The Morgan fingerprint density at radius 3 is 2.91 bits per heavy atom. The van der Waals surface area contributed by atoms with Crippen molar-refractivity contribution in [2.75, 3.05) is 11.1 Å². The standard InChI is InChI=1S/C6H9Cl2NOS/c1-6(3-7)2-5(9-10-6)11-4-8/h2-4H2,1H3. The van der Waals surface area contributed by atoms with Gasteiger partial charge in [0.1, 0.15) is 5.04 Å². The van der Waals surface area contributed by atoms with Gasteiger partial charge in [-0.3, -0.25) is 0 Å². The van der Waals surface area contributed by atoms with Gasteiger partial charge in [0.25, 0.3) is 0 Å². The first-order chi connectivity index (χ1) is 5.20. The molecule has 0 aromatic heterocycles. The molecule has 1 unspecified atom stereocenters. The molecule has 0 fully saturated rings. The summed E-state index contributed by atoms with van der Waals surface area (Å²) >= 11 is 12.7. The molecule has 0 spiro atoms. The van der Waals surface area contributed by atoms with Crippen LogP contribution in [0.25, 0.3) is 0 Å². The molecule has 64 valence electrons. The molecule has 0 saturated carbocycles. The van der Waals surface area contributed by atoms with E-state index in [1.54, 1.807) is 0 Å². The topological polar surface area (TPSA) is 21.6 Å². The maximum Gasteiger partial charge on any atom is 0.154 e. The highest BCUT2D eigenvalue weighted by molar-refractivity contribution is 8.14. The number of oxime groups is 1. The van der Waals surface area contributed by atoms with Crippen molar-refractivity contribution in [3.05, 3.63) is 0 Å². The molecule has 1 aliphatic rings. The van der Waals surface area contributed by atoms with E-state index in [9.17, 15) is 0 Å². The smallest absolute Gasteiger partial charge is 0.154 e. The van der Waals surface area contributed by atoms with Crippen LogP contribution < -0.4 is 0 Å². The van der Waals surface area contributed by atoms with Gasteiger partial charge in [0.2, 0.25) is 0 Å². The van der Waals surface area contributed by atoms with E-state index in [1.807, 2.05) is 6.92 Å². The second-order valence-corrected chi connectivity index (χ2v) is 4.49. The number of thioether (sulfide) groups is 1. The van der Waals surface area contributed by atoms with E-state index in [4.69, 9.17) is 28.0 Å². The van der Waals surface area contributed by atoms with Gasteiger partial charge in [0, 0.05) is 6.42 Å². The van der Waals surface area contributed by atoms with E-state index in [1.165, 1.54) is 11.8 Å². The third kappa shape index (κ3) is 2.42. The molecule has 0 saturated heterocycles. The summed E-state index contributed by atoms with van der Waals surface area (Å²) < 4.78 is 0. The van der Waals surface area contributed by atoms with Crippen molar-refractivity contribution in [2.45, 2.75) is 18.9 Å². The number of rotatable bonds is 2. The van der Waals surface area contributed by atoms with E-state index >= 15 is 0 Å². The van der Waals surface area contributed by atoms with Crippen molar-refractivity contribution in [1.29, 1.82) is 0 Å². The minimum Gasteiger partial charge on any atom is -0.387 e. The number of nitrogens with zero attached hydrogens (tertiary/aromatic N) is 1. The van der Waals surface area contributed by atoms with Crippen molar-refractivity contribution >= 4 is 40.0 Å². The van der Waals surface area contributed by atoms with Crippen LogP contribution in [-0.2, 0) is 4.84 Å². The first kappa shape index (κ1) is 9.49.